The van der Waals surface area contributed by atoms with Gasteiger partial charge in [-0.25, -0.2) is 0 Å². The van der Waals surface area contributed by atoms with Crippen molar-refractivity contribution >= 4 is 63.3 Å². The van der Waals surface area contributed by atoms with E-state index in [2.05, 4.69) is 13.8 Å². The van der Waals surface area contributed by atoms with Crippen LogP contribution in [0.15, 0.2) is 0 Å². The standard InChI is InChI=1S/C16H30O3.K.H/c1-3-5-7-9-11-13-15(17)19-16(18)14-12-10-8-6-4-2;;/h3-14H2,1-2H3;;. The Bertz CT molecular complexity index is 218. The van der Waals surface area contributed by atoms with Crippen molar-refractivity contribution in [3.05, 3.63) is 0 Å². The van der Waals surface area contributed by atoms with Crippen LogP contribution >= 0.6 is 0 Å². The van der Waals surface area contributed by atoms with Crippen molar-refractivity contribution in [3.8, 4) is 0 Å². The van der Waals surface area contributed by atoms with E-state index in [1.165, 1.54) is 25.7 Å². The molecule has 0 rings (SSSR count). The number of carbonyl (C=O) groups excluding carboxylic acids is 2. The van der Waals surface area contributed by atoms with Gasteiger partial charge >= 0.3 is 63.3 Å². The molecule has 0 saturated carbocycles. The summed E-state index contributed by atoms with van der Waals surface area (Å²) in [5, 5.41) is 0. The Kier molecular flexibility index (Phi) is 20.5. The summed E-state index contributed by atoms with van der Waals surface area (Å²) in [5.41, 5.74) is 0. The van der Waals surface area contributed by atoms with E-state index in [0.29, 0.717) is 12.8 Å². The number of unbranched alkanes of at least 4 members (excludes halogenated alkanes) is 8. The Morgan fingerprint density at radius 2 is 1.00 bits per heavy atom. The molecular formula is C16H31KO3. The van der Waals surface area contributed by atoms with Crippen LogP contribution in [0.5, 0.6) is 0 Å². The number of esters is 2. The van der Waals surface area contributed by atoms with Gasteiger partial charge in [0.05, 0.1) is 0 Å². The summed E-state index contributed by atoms with van der Waals surface area (Å²) in [6.07, 6.45) is 11.7. The van der Waals surface area contributed by atoms with E-state index >= 15 is 0 Å². The third kappa shape index (κ3) is 16.8. The normalized spacial score (nSPS) is 9.90. The molecule has 114 valence electrons. The van der Waals surface area contributed by atoms with Crippen LogP contribution in [0.4, 0.5) is 0 Å². The van der Waals surface area contributed by atoms with Gasteiger partial charge < -0.3 is 4.74 Å². The topological polar surface area (TPSA) is 43.4 Å². The average molecular weight is 311 g/mol. The molecule has 0 aliphatic rings. The molecule has 0 bridgehead atoms. The van der Waals surface area contributed by atoms with Crippen molar-refractivity contribution in [3.63, 3.8) is 0 Å². The van der Waals surface area contributed by atoms with Crippen molar-refractivity contribution in [2.45, 2.75) is 90.9 Å². The monoisotopic (exact) mass is 310 g/mol. The van der Waals surface area contributed by atoms with Gasteiger partial charge in [0.2, 0.25) is 0 Å². The summed E-state index contributed by atoms with van der Waals surface area (Å²) >= 11 is 0. The van der Waals surface area contributed by atoms with Gasteiger partial charge in [-0.3, -0.25) is 9.59 Å². The van der Waals surface area contributed by atoms with Crippen molar-refractivity contribution in [2.24, 2.45) is 0 Å². The van der Waals surface area contributed by atoms with Gasteiger partial charge in [0.25, 0.3) is 0 Å². The molecule has 0 aromatic carbocycles. The molecule has 0 aromatic rings. The first-order valence-corrected chi connectivity index (χ1v) is 7.94. The summed E-state index contributed by atoms with van der Waals surface area (Å²) in [6, 6.07) is 0. The van der Waals surface area contributed by atoms with E-state index in [-0.39, 0.29) is 63.3 Å². The molecular weight excluding hydrogens is 279 g/mol. The van der Waals surface area contributed by atoms with E-state index in [1.54, 1.807) is 0 Å². The molecule has 0 heterocycles. The molecule has 0 aliphatic heterocycles. The zero-order chi connectivity index (χ0) is 14.3. The summed E-state index contributed by atoms with van der Waals surface area (Å²) in [4.78, 5) is 22.8. The van der Waals surface area contributed by atoms with Crippen LogP contribution in [-0.2, 0) is 14.3 Å². The predicted molar refractivity (Wildman–Crippen MR) is 85.0 cm³/mol. The fourth-order valence-corrected chi connectivity index (χ4v) is 1.97. The SMILES string of the molecule is CCCCCCCC(=O)OC(=O)CCCCCCC.[KH]. The van der Waals surface area contributed by atoms with E-state index < -0.39 is 0 Å². The number of hydrogen-bond donors (Lipinski definition) is 0. The quantitative estimate of drug-likeness (QED) is 0.236. The van der Waals surface area contributed by atoms with Crippen LogP contribution < -0.4 is 0 Å². The maximum atomic E-state index is 11.4. The summed E-state index contributed by atoms with van der Waals surface area (Å²) in [5.74, 6) is -0.704. The van der Waals surface area contributed by atoms with Crippen LogP contribution in [0.1, 0.15) is 90.9 Å². The fraction of sp³-hybridized carbons (Fsp3) is 0.875. The summed E-state index contributed by atoms with van der Waals surface area (Å²) in [6.45, 7) is 4.32. The first-order chi connectivity index (χ1) is 9.20. The van der Waals surface area contributed by atoms with Crippen LogP contribution in [0.3, 0.4) is 0 Å². The molecule has 4 heteroatoms. The van der Waals surface area contributed by atoms with E-state index in [0.717, 1.165) is 38.5 Å². The summed E-state index contributed by atoms with van der Waals surface area (Å²) < 4.78 is 4.79. The Morgan fingerprint density at radius 1 is 0.650 bits per heavy atom. The van der Waals surface area contributed by atoms with Crippen LogP contribution in [-0.4, -0.2) is 63.3 Å². The van der Waals surface area contributed by atoms with Crippen molar-refractivity contribution in [1.29, 1.82) is 0 Å². The second-order valence-electron chi connectivity index (χ2n) is 5.17. The Labute approximate surface area is 167 Å². The van der Waals surface area contributed by atoms with Crippen LogP contribution in [0, 0.1) is 0 Å². The van der Waals surface area contributed by atoms with Crippen molar-refractivity contribution in [2.75, 3.05) is 0 Å². The van der Waals surface area contributed by atoms with Gasteiger partial charge in [-0.15, -0.1) is 0 Å². The molecule has 0 atom stereocenters. The summed E-state index contributed by atoms with van der Waals surface area (Å²) in [7, 11) is 0. The Balaban J connectivity index is 0. The zero-order valence-corrected chi connectivity index (χ0v) is 12.7. The Morgan fingerprint density at radius 3 is 1.35 bits per heavy atom. The predicted octanol–water partition coefficient (Wildman–Crippen LogP) is 4.13. The third-order valence-corrected chi connectivity index (χ3v) is 3.20. The van der Waals surface area contributed by atoms with Crippen molar-refractivity contribution in [1.82, 2.24) is 0 Å². The van der Waals surface area contributed by atoms with Gasteiger partial charge in [-0.1, -0.05) is 65.2 Å². The molecule has 0 unspecified atom stereocenters. The van der Waals surface area contributed by atoms with E-state index in [4.69, 9.17) is 4.74 Å². The van der Waals surface area contributed by atoms with Gasteiger partial charge in [0.1, 0.15) is 0 Å². The van der Waals surface area contributed by atoms with Gasteiger partial charge in [0.15, 0.2) is 0 Å². The number of rotatable bonds is 12. The second-order valence-corrected chi connectivity index (χ2v) is 5.17. The van der Waals surface area contributed by atoms with Gasteiger partial charge in [0, 0.05) is 12.8 Å². The van der Waals surface area contributed by atoms with Crippen LogP contribution in [0.25, 0.3) is 0 Å². The number of hydrogen-bond acceptors (Lipinski definition) is 3. The van der Waals surface area contributed by atoms with E-state index in [9.17, 15) is 9.59 Å². The third-order valence-electron chi connectivity index (χ3n) is 3.20. The molecule has 0 radical (unpaired) electrons. The molecule has 0 amide bonds. The second kappa shape index (κ2) is 17.8. The van der Waals surface area contributed by atoms with Gasteiger partial charge in [-0.2, -0.15) is 0 Å². The van der Waals surface area contributed by atoms with Crippen molar-refractivity contribution < 1.29 is 14.3 Å². The molecule has 0 fully saturated rings. The first kappa shape index (κ1) is 23.0. The average Bonchev–Trinajstić information content (AvgIpc) is 2.38. The first-order valence-electron chi connectivity index (χ1n) is 7.94. The Hall–Kier alpha value is 0.776. The number of ether oxygens (including phenoxy) is 1. The minimum atomic E-state index is -0.352. The molecule has 0 N–H and O–H groups in total. The zero-order valence-electron chi connectivity index (χ0n) is 12.7. The molecule has 0 saturated heterocycles. The minimum absolute atomic E-state index is 0. The maximum absolute atomic E-state index is 11.4. The number of carbonyl (C=O) groups is 2. The molecule has 20 heavy (non-hydrogen) atoms. The molecule has 0 spiro atoms. The van der Waals surface area contributed by atoms with E-state index in [1.807, 2.05) is 0 Å². The van der Waals surface area contributed by atoms with Crippen LogP contribution in [0.2, 0.25) is 0 Å². The van der Waals surface area contributed by atoms with Gasteiger partial charge in [-0.05, 0) is 12.8 Å². The fourth-order valence-electron chi connectivity index (χ4n) is 1.97. The molecule has 0 aromatic heterocycles. The molecule has 0 aliphatic carbocycles. The molecule has 3 nitrogen and oxygen atoms in total.